The third kappa shape index (κ3) is 6.36. The molecule has 1 aliphatic rings. The molecule has 10 nitrogen and oxygen atoms in total. The Morgan fingerprint density at radius 1 is 0.953 bits per heavy atom. The van der Waals surface area contributed by atoms with Gasteiger partial charge in [-0.3, -0.25) is 4.79 Å². The summed E-state index contributed by atoms with van der Waals surface area (Å²) in [7, 11) is 0. The van der Waals surface area contributed by atoms with Gasteiger partial charge >= 0.3 is 6.03 Å². The van der Waals surface area contributed by atoms with E-state index in [1.807, 2.05) is 37.3 Å². The van der Waals surface area contributed by atoms with Crippen LogP contribution in [0.4, 0.5) is 26.4 Å². The van der Waals surface area contributed by atoms with Crippen LogP contribution < -0.4 is 15.5 Å². The first-order valence-corrected chi connectivity index (χ1v) is 13.9. The fraction of sp³-hybridized carbons (Fsp3) is 0.219. The van der Waals surface area contributed by atoms with Gasteiger partial charge in [0.2, 0.25) is 0 Å². The molecule has 0 unspecified atom stereocenters. The Bertz CT molecular complexity index is 1820. The number of fused-ring (bicyclic) bond motifs is 1. The molecule has 3 aromatic heterocycles. The standard InChI is InChI=1S/C32H29FN6O4/c1-19(40)15-21-4-9-26(25(33)16-21)37-32(41)35-24-7-5-22(6-8-24)30-36-27-17-23(28-10-3-20(2)43-28)18-34-29(27)31(38-30)39-11-13-42-14-12-39/h3-10,16-18H,11-15H2,1-2H3,(H2,35,37,41). The van der Waals surface area contributed by atoms with Crippen LogP contribution in [-0.4, -0.2) is 53.1 Å². The van der Waals surface area contributed by atoms with Crippen molar-refractivity contribution in [3.8, 4) is 22.7 Å². The molecule has 0 atom stereocenters. The number of carbonyl (C=O) groups excluding carboxylic acids is 2. The highest BCUT2D eigenvalue weighted by Crippen LogP contribution is 2.31. The molecule has 1 aliphatic heterocycles. The summed E-state index contributed by atoms with van der Waals surface area (Å²) >= 11 is 0. The van der Waals surface area contributed by atoms with Crippen LogP contribution in [0.2, 0.25) is 0 Å². The fourth-order valence-corrected chi connectivity index (χ4v) is 4.90. The van der Waals surface area contributed by atoms with Gasteiger partial charge < -0.3 is 24.7 Å². The molecular weight excluding hydrogens is 551 g/mol. The quantitative estimate of drug-likeness (QED) is 0.240. The largest absolute Gasteiger partial charge is 0.461 e. The van der Waals surface area contributed by atoms with Gasteiger partial charge in [0.1, 0.15) is 28.6 Å². The minimum absolute atomic E-state index is 0.0133. The van der Waals surface area contributed by atoms with Crippen molar-refractivity contribution in [2.45, 2.75) is 20.3 Å². The molecule has 2 N–H and O–H groups in total. The third-order valence-electron chi connectivity index (χ3n) is 6.99. The van der Waals surface area contributed by atoms with Gasteiger partial charge in [0.25, 0.3) is 0 Å². The Labute approximate surface area is 246 Å². The maximum absolute atomic E-state index is 14.5. The number of urea groups is 1. The zero-order valence-electron chi connectivity index (χ0n) is 23.7. The number of hydrogen-bond donors (Lipinski definition) is 2. The number of Topliss-reactive ketones (excluding diaryl/α,β-unsaturated/α-hetero) is 1. The summed E-state index contributed by atoms with van der Waals surface area (Å²) < 4.78 is 25.8. The van der Waals surface area contributed by atoms with Crippen LogP contribution in [0.5, 0.6) is 0 Å². The van der Waals surface area contributed by atoms with Gasteiger partial charge in [0, 0.05) is 42.5 Å². The molecule has 0 saturated carbocycles. The molecule has 11 heteroatoms. The molecule has 0 bridgehead atoms. The number of carbonyl (C=O) groups is 2. The number of amides is 2. The Hall–Kier alpha value is -5.16. The number of anilines is 3. The average Bonchev–Trinajstić information content (AvgIpc) is 3.44. The number of benzene rings is 2. The first kappa shape index (κ1) is 28.0. The van der Waals surface area contributed by atoms with Crippen molar-refractivity contribution in [3.63, 3.8) is 0 Å². The summed E-state index contributed by atoms with van der Waals surface area (Å²) in [6.07, 6.45) is 1.90. The van der Waals surface area contributed by atoms with E-state index >= 15 is 0 Å². The van der Waals surface area contributed by atoms with Crippen LogP contribution in [0.15, 0.2) is 71.3 Å². The molecule has 218 valence electrons. The number of nitrogens with zero attached hydrogens (tertiary/aromatic N) is 4. The average molecular weight is 581 g/mol. The van der Waals surface area contributed by atoms with Gasteiger partial charge in [-0.1, -0.05) is 6.07 Å². The molecule has 0 aliphatic carbocycles. The molecule has 5 aromatic rings. The van der Waals surface area contributed by atoms with Crippen molar-refractivity contribution in [1.82, 2.24) is 15.0 Å². The van der Waals surface area contributed by atoms with E-state index in [2.05, 4.69) is 15.5 Å². The van der Waals surface area contributed by atoms with Crippen LogP contribution in [-0.2, 0) is 16.0 Å². The molecule has 2 amide bonds. The van der Waals surface area contributed by atoms with Crippen molar-refractivity contribution in [1.29, 1.82) is 0 Å². The Morgan fingerprint density at radius 3 is 2.44 bits per heavy atom. The summed E-state index contributed by atoms with van der Waals surface area (Å²) in [5.74, 6) is 2.06. The number of ketones is 1. The lowest BCUT2D eigenvalue weighted by molar-refractivity contribution is -0.116. The Balaban J connectivity index is 1.24. The number of hydrogen-bond acceptors (Lipinski definition) is 8. The molecule has 2 aromatic carbocycles. The number of halogens is 1. The number of furan rings is 1. The van der Waals surface area contributed by atoms with E-state index in [4.69, 9.17) is 24.1 Å². The number of morpholine rings is 1. The molecule has 0 spiro atoms. The third-order valence-corrected chi connectivity index (χ3v) is 6.99. The van der Waals surface area contributed by atoms with Crippen LogP contribution in [0, 0.1) is 12.7 Å². The zero-order valence-corrected chi connectivity index (χ0v) is 23.7. The predicted octanol–water partition coefficient (Wildman–Crippen LogP) is 6.01. The normalized spacial score (nSPS) is 13.2. The second kappa shape index (κ2) is 12.0. The molecule has 1 saturated heterocycles. The van der Waals surface area contributed by atoms with Crippen molar-refractivity contribution < 1.29 is 23.1 Å². The highest BCUT2D eigenvalue weighted by molar-refractivity contribution is 6.00. The smallest absolute Gasteiger partial charge is 0.323 e. The molecule has 1 fully saturated rings. The van der Waals surface area contributed by atoms with Gasteiger partial charge in [-0.05, 0) is 74.0 Å². The number of aryl methyl sites for hydroxylation is 1. The molecule has 43 heavy (non-hydrogen) atoms. The van der Waals surface area contributed by atoms with E-state index in [-0.39, 0.29) is 17.9 Å². The molecule has 4 heterocycles. The topological polar surface area (TPSA) is 122 Å². The van der Waals surface area contributed by atoms with E-state index in [0.717, 1.165) is 22.7 Å². The van der Waals surface area contributed by atoms with Crippen LogP contribution in [0.25, 0.3) is 33.7 Å². The second-order valence-corrected chi connectivity index (χ2v) is 10.3. The first-order chi connectivity index (χ1) is 20.8. The lowest BCUT2D eigenvalue weighted by Gasteiger charge is -2.28. The Morgan fingerprint density at radius 2 is 1.74 bits per heavy atom. The second-order valence-electron chi connectivity index (χ2n) is 10.3. The fourth-order valence-electron chi connectivity index (χ4n) is 4.90. The lowest BCUT2D eigenvalue weighted by atomic mass is 10.1. The van der Waals surface area contributed by atoms with Gasteiger partial charge in [-0.15, -0.1) is 0 Å². The molecule has 6 rings (SSSR count). The minimum Gasteiger partial charge on any atom is -0.461 e. The van der Waals surface area contributed by atoms with Gasteiger partial charge in [-0.25, -0.2) is 24.1 Å². The van der Waals surface area contributed by atoms with Crippen LogP contribution in [0.1, 0.15) is 18.2 Å². The van der Waals surface area contributed by atoms with Crippen LogP contribution in [0.3, 0.4) is 0 Å². The van der Waals surface area contributed by atoms with E-state index < -0.39 is 11.8 Å². The van der Waals surface area contributed by atoms with Gasteiger partial charge in [0.05, 0.1) is 24.4 Å². The summed E-state index contributed by atoms with van der Waals surface area (Å²) in [6.45, 7) is 5.89. The number of pyridine rings is 1. The lowest BCUT2D eigenvalue weighted by Crippen LogP contribution is -2.37. The minimum atomic E-state index is -0.617. The van der Waals surface area contributed by atoms with Crippen molar-refractivity contribution in [2.75, 3.05) is 41.8 Å². The van der Waals surface area contributed by atoms with Gasteiger partial charge in [0.15, 0.2) is 11.6 Å². The van der Waals surface area contributed by atoms with E-state index in [0.29, 0.717) is 60.2 Å². The Kier molecular flexibility index (Phi) is 7.80. The maximum Gasteiger partial charge on any atom is 0.323 e. The van der Waals surface area contributed by atoms with Crippen molar-refractivity contribution in [2.24, 2.45) is 0 Å². The SMILES string of the molecule is CC(=O)Cc1ccc(NC(=O)Nc2ccc(-c3nc(N4CCOCC4)c4ncc(-c5ccc(C)o5)cc4n3)cc2)c(F)c1. The van der Waals surface area contributed by atoms with E-state index in [1.54, 1.807) is 24.4 Å². The van der Waals surface area contributed by atoms with Crippen molar-refractivity contribution >= 4 is 40.0 Å². The number of rotatable bonds is 7. The zero-order chi connectivity index (χ0) is 29.9. The summed E-state index contributed by atoms with van der Waals surface area (Å²) in [6, 6.07) is 16.5. The van der Waals surface area contributed by atoms with E-state index in [1.165, 1.54) is 19.1 Å². The summed E-state index contributed by atoms with van der Waals surface area (Å²) in [4.78, 5) is 40.5. The monoisotopic (exact) mass is 580 g/mol. The predicted molar refractivity (Wildman–Crippen MR) is 162 cm³/mol. The van der Waals surface area contributed by atoms with Gasteiger partial charge in [-0.2, -0.15) is 0 Å². The van der Waals surface area contributed by atoms with Crippen molar-refractivity contribution in [3.05, 3.63) is 84.0 Å². The number of nitrogens with one attached hydrogen (secondary N) is 2. The molecular formula is C32H29FN6O4. The summed E-state index contributed by atoms with van der Waals surface area (Å²) in [5.41, 5.74) is 3.98. The first-order valence-electron chi connectivity index (χ1n) is 13.9. The van der Waals surface area contributed by atoms with E-state index in [9.17, 15) is 14.0 Å². The number of aromatic nitrogens is 3. The maximum atomic E-state index is 14.5. The highest BCUT2D eigenvalue weighted by atomic mass is 19.1. The summed E-state index contributed by atoms with van der Waals surface area (Å²) in [5, 5.41) is 5.21. The van der Waals surface area contributed by atoms with Crippen LogP contribution >= 0.6 is 0 Å². The highest BCUT2D eigenvalue weighted by Gasteiger charge is 2.20. The molecule has 0 radical (unpaired) electrons. The number of ether oxygens (including phenoxy) is 1.